The molecule has 2 N–H and O–H groups in total. The number of rotatable bonds is 3. The number of aromatic nitrogens is 1. The summed E-state index contributed by atoms with van der Waals surface area (Å²) in [7, 11) is 0. The number of oxime groups is 1. The average Bonchev–Trinajstić information content (AvgIpc) is 2.08. The topological polar surface area (TPSA) is 73.8 Å². The normalized spacial score (nSPS) is 9.71. The highest BCUT2D eigenvalue weighted by atomic mass is 79.9. The molecule has 0 fully saturated rings. The predicted molar refractivity (Wildman–Crippen MR) is 43.7 cm³/mol. The Morgan fingerprint density at radius 2 is 2.07 bits per heavy atom. The summed E-state index contributed by atoms with van der Waals surface area (Å²) >= 11 is 0. The van der Waals surface area contributed by atoms with Gasteiger partial charge < -0.3 is 27.3 Å². The molecule has 1 aromatic rings. The molecule has 0 aliphatic carbocycles. The van der Waals surface area contributed by atoms with E-state index in [1.165, 1.54) is 10.8 Å². The highest BCUT2D eigenvalue weighted by molar-refractivity contribution is 5.78. The van der Waals surface area contributed by atoms with E-state index in [4.69, 9.17) is 10.3 Å². The minimum absolute atomic E-state index is 0. The molecule has 0 aliphatic heterocycles. The van der Waals surface area contributed by atoms with E-state index in [2.05, 4.69) is 5.16 Å². The number of carboxylic acid groups (broad SMARTS) is 1. The van der Waals surface area contributed by atoms with Crippen LogP contribution in [0.4, 0.5) is 0 Å². The van der Waals surface area contributed by atoms with Crippen molar-refractivity contribution in [2.45, 2.75) is 6.54 Å². The molecule has 0 aromatic carbocycles. The van der Waals surface area contributed by atoms with Crippen LogP contribution in [-0.4, -0.2) is 22.5 Å². The van der Waals surface area contributed by atoms with Gasteiger partial charge in [-0.2, -0.15) is 4.57 Å². The van der Waals surface area contributed by atoms with Crippen LogP contribution in [0.15, 0.2) is 29.7 Å². The molecule has 0 atom stereocenters. The van der Waals surface area contributed by atoms with Crippen LogP contribution in [0.3, 0.4) is 0 Å². The van der Waals surface area contributed by atoms with Gasteiger partial charge >= 0.3 is 5.97 Å². The van der Waals surface area contributed by atoms with Crippen molar-refractivity contribution in [2.24, 2.45) is 5.16 Å². The summed E-state index contributed by atoms with van der Waals surface area (Å²) in [4.78, 5) is 10.3. The molecule has 76 valence electrons. The fourth-order valence-corrected chi connectivity index (χ4v) is 0.883. The van der Waals surface area contributed by atoms with Gasteiger partial charge in [-0.1, -0.05) is 5.16 Å². The minimum Gasteiger partial charge on any atom is -1.00 e. The first-order valence-corrected chi connectivity index (χ1v) is 3.60. The number of pyridine rings is 1. The number of hydrogen-bond donors (Lipinski definition) is 2. The third-order valence-corrected chi connectivity index (χ3v) is 1.44. The SMILES string of the molecule is O=C(O)C[n+]1ccc(/C=N/O)cc1.[Br-]. The number of halogens is 1. The Hall–Kier alpha value is -1.43. The van der Waals surface area contributed by atoms with Gasteiger partial charge in [0.05, 0.1) is 6.21 Å². The zero-order valence-corrected chi connectivity index (χ0v) is 8.75. The second-order valence-corrected chi connectivity index (χ2v) is 2.44. The first-order valence-electron chi connectivity index (χ1n) is 3.60. The lowest BCUT2D eigenvalue weighted by molar-refractivity contribution is -0.685. The van der Waals surface area contributed by atoms with Crippen molar-refractivity contribution in [3.8, 4) is 0 Å². The second-order valence-electron chi connectivity index (χ2n) is 2.44. The molecule has 0 unspecified atom stereocenters. The van der Waals surface area contributed by atoms with Crippen molar-refractivity contribution >= 4 is 12.2 Å². The van der Waals surface area contributed by atoms with E-state index >= 15 is 0 Å². The lowest BCUT2D eigenvalue weighted by atomic mass is 10.3. The molecule has 1 heterocycles. The van der Waals surface area contributed by atoms with Gasteiger partial charge in [0.1, 0.15) is 0 Å². The second kappa shape index (κ2) is 6.09. The molecule has 0 radical (unpaired) electrons. The maximum atomic E-state index is 10.3. The lowest BCUT2D eigenvalue weighted by Gasteiger charge is -1.91. The predicted octanol–water partition coefficient (Wildman–Crippen LogP) is -3.13. The van der Waals surface area contributed by atoms with E-state index in [1.807, 2.05) is 0 Å². The number of aliphatic carboxylic acids is 1. The summed E-state index contributed by atoms with van der Waals surface area (Å²) in [5.74, 6) is -0.895. The van der Waals surface area contributed by atoms with Gasteiger partial charge in [-0.05, 0) is 0 Å². The summed E-state index contributed by atoms with van der Waals surface area (Å²) < 4.78 is 1.51. The van der Waals surface area contributed by atoms with Crippen LogP contribution in [0.5, 0.6) is 0 Å². The zero-order valence-electron chi connectivity index (χ0n) is 7.17. The highest BCUT2D eigenvalue weighted by Crippen LogP contribution is 1.89. The van der Waals surface area contributed by atoms with Gasteiger partial charge in [0, 0.05) is 17.7 Å². The lowest BCUT2D eigenvalue weighted by Crippen LogP contribution is -3.00. The van der Waals surface area contributed by atoms with Crippen molar-refractivity contribution in [2.75, 3.05) is 0 Å². The fourth-order valence-electron chi connectivity index (χ4n) is 0.883. The summed E-state index contributed by atoms with van der Waals surface area (Å²) in [6.45, 7) is -0.0729. The molecule has 1 aromatic heterocycles. The average molecular weight is 261 g/mol. The van der Waals surface area contributed by atoms with Gasteiger partial charge in [0.15, 0.2) is 12.4 Å². The Kier molecular flexibility index (Phi) is 5.47. The van der Waals surface area contributed by atoms with Gasteiger partial charge in [0.2, 0.25) is 6.54 Å². The zero-order chi connectivity index (χ0) is 9.68. The maximum absolute atomic E-state index is 10.3. The summed E-state index contributed by atoms with van der Waals surface area (Å²) in [6, 6.07) is 3.31. The first-order chi connectivity index (χ1) is 6.22. The molecule has 0 saturated heterocycles. The van der Waals surface area contributed by atoms with E-state index in [1.54, 1.807) is 24.5 Å². The van der Waals surface area contributed by atoms with Gasteiger partial charge in [-0.3, -0.25) is 0 Å². The Morgan fingerprint density at radius 1 is 1.50 bits per heavy atom. The fraction of sp³-hybridized carbons (Fsp3) is 0.125. The number of carbonyl (C=O) groups is 1. The summed E-state index contributed by atoms with van der Waals surface area (Å²) in [6.07, 6.45) is 4.47. The van der Waals surface area contributed by atoms with Crippen molar-refractivity contribution < 1.29 is 36.7 Å². The molecular weight excluding hydrogens is 252 g/mol. The minimum atomic E-state index is -0.895. The Morgan fingerprint density at radius 3 is 2.50 bits per heavy atom. The third kappa shape index (κ3) is 3.99. The number of carboxylic acids is 1. The molecule has 5 nitrogen and oxygen atoms in total. The van der Waals surface area contributed by atoms with Gasteiger partial charge in [0.25, 0.3) is 0 Å². The van der Waals surface area contributed by atoms with E-state index in [-0.39, 0.29) is 23.5 Å². The van der Waals surface area contributed by atoms with Crippen molar-refractivity contribution in [1.29, 1.82) is 0 Å². The quantitative estimate of drug-likeness (QED) is 0.261. The molecule has 0 aliphatic rings. The van der Waals surface area contributed by atoms with Crippen LogP contribution in [0.25, 0.3) is 0 Å². The van der Waals surface area contributed by atoms with Gasteiger partial charge in [-0.15, -0.1) is 0 Å². The van der Waals surface area contributed by atoms with E-state index in [0.717, 1.165) is 0 Å². The molecule has 0 saturated carbocycles. The van der Waals surface area contributed by atoms with E-state index < -0.39 is 5.97 Å². The van der Waals surface area contributed by atoms with E-state index in [0.29, 0.717) is 5.56 Å². The number of nitrogens with zero attached hydrogens (tertiary/aromatic N) is 2. The Balaban J connectivity index is 0.00000169. The smallest absolute Gasteiger partial charge is 0.370 e. The molecule has 0 spiro atoms. The summed E-state index contributed by atoms with van der Waals surface area (Å²) in [5.41, 5.74) is 0.712. The van der Waals surface area contributed by atoms with E-state index in [9.17, 15) is 4.79 Å². The van der Waals surface area contributed by atoms with Crippen LogP contribution in [0.2, 0.25) is 0 Å². The van der Waals surface area contributed by atoms with Crippen LogP contribution in [-0.2, 0) is 11.3 Å². The van der Waals surface area contributed by atoms with Crippen molar-refractivity contribution in [1.82, 2.24) is 0 Å². The molecule has 0 amide bonds. The molecule has 14 heavy (non-hydrogen) atoms. The molecular formula is C8H9BrN2O3. The molecule has 6 heteroatoms. The van der Waals surface area contributed by atoms with Crippen LogP contribution < -0.4 is 21.5 Å². The largest absolute Gasteiger partial charge is 1.00 e. The van der Waals surface area contributed by atoms with Crippen molar-refractivity contribution in [3.63, 3.8) is 0 Å². The van der Waals surface area contributed by atoms with Crippen LogP contribution >= 0.6 is 0 Å². The Labute approximate surface area is 91.1 Å². The van der Waals surface area contributed by atoms with Crippen molar-refractivity contribution in [3.05, 3.63) is 30.1 Å². The molecule has 1 rings (SSSR count). The van der Waals surface area contributed by atoms with Crippen LogP contribution in [0.1, 0.15) is 5.56 Å². The first kappa shape index (κ1) is 12.6. The number of hydrogen-bond acceptors (Lipinski definition) is 3. The van der Waals surface area contributed by atoms with Crippen LogP contribution in [0, 0.1) is 0 Å². The standard InChI is InChI=1S/C8H8N2O3.BrH/c11-8(12)6-10-3-1-7(2-4-10)5-9-13;/h1-5H,6H2,(H,11,12);1H. The highest BCUT2D eigenvalue weighted by Gasteiger charge is 2.05. The molecule has 0 bridgehead atoms. The Bertz CT molecular complexity index is 324. The van der Waals surface area contributed by atoms with Gasteiger partial charge in [-0.25, -0.2) is 4.79 Å². The monoisotopic (exact) mass is 260 g/mol. The third-order valence-electron chi connectivity index (χ3n) is 1.44. The summed E-state index contributed by atoms with van der Waals surface area (Å²) in [5, 5.41) is 19.5. The maximum Gasteiger partial charge on any atom is 0.370 e.